The van der Waals surface area contributed by atoms with E-state index >= 15 is 0 Å². The van der Waals surface area contributed by atoms with E-state index in [1.807, 2.05) is 85.0 Å². The van der Waals surface area contributed by atoms with E-state index < -0.39 is 0 Å². The maximum absolute atomic E-state index is 12.8. The Morgan fingerprint density at radius 2 is 1.20 bits per heavy atom. The number of para-hydroxylation sites is 2. The number of carbonyl (C=O) groups excluding carboxylic acids is 1. The van der Waals surface area contributed by atoms with Crippen molar-refractivity contribution in [1.82, 2.24) is 0 Å². The Balaban J connectivity index is 2.02. The molecular weight excluding hydrogens is 246 g/mol. The fourth-order valence-electron chi connectivity index (χ4n) is 2.30. The van der Waals surface area contributed by atoms with Crippen molar-refractivity contribution in [2.75, 3.05) is 4.90 Å². The highest BCUT2D eigenvalue weighted by Gasteiger charge is 2.24. The van der Waals surface area contributed by atoms with E-state index in [1.165, 1.54) is 0 Å². The van der Waals surface area contributed by atoms with Crippen molar-refractivity contribution in [3.63, 3.8) is 0 Å². The smallest absolute Gasteiger partial charge is 0.242 e. The third-order valence-corrected chi connectivity index (χ3v) is 3.28. The SMILES string of the molecule is O=C(C1C=CC=C1)N(c1ccccc1)c1ccccc1. The van der Waals surface area contributed by atoms with E-state index in [0.29, 0.717) is 0 Å². The van der Waals surface area contributed by atoms with E-state index in [9.17, 15) is 4.79 Å². The summed E-state index contributed by atoms with van der Waals surface area (Å²) < 4.78 is 0. The third kappa shape index (κ3) is 2.41. The van der Waals surface area contributed by atoms with Gasteiger partial charge in [0.15, 0.2) is 0 Å². The predicted molar refractivity (Wildman–Crippen MR) is 81.8 cm³/mol. The highest BCUT2D eigenvalue weighted by atomic mass is 16.2. The van der Waals surface area contributed by atoms with Crippen LogP contribution in [0.25, 0.3) is 0 Å². The molecule has 20 heavy (non-hydrogen) atoms. The number of anilines is 2. The molecule has 0 saturated heterocycles. The predicted octanol–water partition coefficient (Wildman–Crippen LogP) is 4.09. The summed E-state index contributed by atoms with van der Waals surface area (Å²) in [6.45, 7) is 0. The first-order valence-corrected chi connectivity index (χ1v) is 6.65. The van der Waals surface area contributed by atoms with Gasteiger partial charge in [-0.05, 0) is 24.3 Å². The molecule has 0 unspecified atom stereocenters. The van der Waals surface area contributed by atoms with Crippen molar-refractivity contribution in [2.45, 2.75) is 0 Å². The van der Waals surface area contributed by atoms with E-state index in [4.69, 9.17) is 0 Å². The molecule has 0 atom stereocenters. The van der Waals surface area contributed by atoms with Gasteiger partial charge in [0.05, 0.1) is 5.92 Å². The molecule has 0 heterocycles. The molecule has 1 aliphatic rings. The molecule has 3 rings (SSSR count). The molecule has 2 nitrogen and oxygen atoms in total. The first-order valence-electron chi connectivity index (χ1n) is 6.65. The van der Waals surface area contributed by atoms with Crippen LogP contribution in [0.4, 0.5) is 11.4 Å². The van der Waals surface area contributed by atoms with Crippen LogP contribution < -0.4 is 4.90 Å². The minimum absolute atomic E-state index is 0.0624. The van der Waals surface area contributed by atoms with Crippen LogP contribution in [0.2, 0.25) is 0 Å². The van der Waals surface area contributed by atoms with Crippen molar-refractivity contribution in [1.29, 1.82) is 0 Å². The molecule has 0 spiro atoms. The van der Waals surface area contributed by atoms with Gasteiger partial charge in [0.2, 0.25) is 5.91 Å². The van der Waals surface area contributed by atoms with Crippen molar-refractivity contribution >= 4 is 17.3 Å². The second-order valence-electron chi connectivity index (χ2n) is 4.64. The minimum Gasteiger partial charge on any atom is -0.280 e. The number of hydrogen-bond donors (Lipinski definition) is 0. The fraction of sp³-hybridized carbons (Fsp3) is 0.0556. The molecule has 98 valence electrons. The molecule has 2 aromatic rings. The quantitative estimate of drug-likeness (QED) is 0.814. The zero-order valence-corrected chi connectivity index (χ0v) is 11.0. The van der Waals surface area contributed by atoms with Crippen LogP contribution in [-0.2, 0) is 4.79 Å². The number of benzene rings is 2. The summed E-state index contributed by atoms with van der Waals surface area (Å²) in [5.74, 6) is -0.122. The lowest BCUT2D eigenvalue weighted by Crippen LogP contribution is -2.30. The third-order valence-electron chi connectivity index (χ3n) is 3.28. The van der Waals surface area contributed by atoms with Gasteiger partial charge in [-0.1, -0.05) is 60.7 Å². The van der Waals surface area contributed by atoms with Gasteiger partial charge in [0.25, 0.3) is 0 Å². The molecule has 0 radical (unpaired) electrons. The molecule has 2 heteroatoms. The van der Waals surface area contributed by atoms with Crippen LogP contribution in [0.1, 0.15) is 0 Å². The largest absolute Gasteiger partial charge is 0.280 e. The van der Waals surface area contributed by atoms with Crippen molar-refractivity contribution in [3.05, 3.63) is 85.0 Å². The molecule has 0 fully saturated rings. The normalized spacial score (nSPS) is 13.6. The van der Waals surface area contributed by atoms with Gasteiger partial charge < -0.3 is 0 Å². The highest BCUT2D eigenvalue weighted by Crippen LogP contribution is 2.28. The first-order chi connectivity index (χ1) is 9.86. The van der Waals surface area contributed by atoms with Crippen molar-refractivity contribution < 1.29 is 4.79 Å². The summed E-state index contributed by atoms with van der Waals surface area (Å²) in [6.07, 6.45) is 7.66. The molecule has 0 aromatic heterocycles. The Bertz CT molecular complexity index is 592. The number of nitrogens with zero attached hydrogens (tertiary/aromatic N) is 1. The summed E-state index contributed by atoms with van der Waals surface area (Å²) in [6, 6.07) is 19.5. The van der Waals surface area contributed by atoms with Crippen LogP contribution >= 0.6 is 0 Å². The zero-order chi connectivity index (χ0) is 13.8. The lowest BCUT2D eigenvalue weighted by Gasteiger charge is -2.24. The van der Waals surface area contributed by atoms with Gasteiger partial charge in [-0.25, -0.2) is 0 Å². The van der Waals surface area contributed by atoms with Crippen LogP contribution in [-0.4, -0.2) is 5.91 Å². The average molecular weight is 261 g/mol. The Kier molecular flexibility index (Phi) is 3.46. The van der Waals surface area contributed by atoms with Gasteiger partial charge >= 0.3 is 0 Å². The summed E-state index contributed by atoms with van der Waals surface area (Å²) in [7, 11) is 0. The van der Waals surface area contributed by atoms with E-state index in [0.717, 1.165) is 11.4 Å². The summed E-state index contributed by atoms with van der Waals surface area (Å²) in [4.78, 5) is 14.5. The molecule has 1 amide bonds. The van der Waals surface area contributed by atoms with Crippen molar-refractivity contribution in [2.24, 2.45) is 5.92 Å². The lowest BCUT2D eigenvalue weighted by atomic mass is 10.1. The average Bonchev–Trinajstić information content (AvgIpc) is 3.04. The van der Waals surface area contributed by atoms with Crippen LogP contribution in [0.3, 0.4) is 0 Å². The molecule has 0 bridgehead atoms. The second-order valence-corrected chi connectivity index (χ2v) is 4.64. The number of rotatable bonds is 3. The van der Waals surface area contributed by atoms with Gasteiger partial charge in [-0.15, -0.1) is 0 Å². The summed E-state index contributed by atoms with van der Waals surface area (Å²) in [5.41, 5.74) is 1.77. The van der Waals surface area contributed by atoms with Crippen LogP contribution in [0.5, 0.6) is 0 Å². The standard InChI is InChI=1S/C18H15NO/c20-18(15-9-7-8-10-15)19(16-11-3-1-4-12-16)17-13-5-2-6-14-17/h1-15H. The number of allylic oxidation sites excluding steroid dienone is 2. The van der Waals surface area contributed by atoms with Gasteiger partial charge in [-0.3, -0.25) is 9.69 Å². The molecular formula is C18H15NO. The number of amides is 1. The van der Waals surface area contributed by atoms with Crippen molar-refractivity contribution in [3.8, 4) is 0 Å². The van der Waals surface area contributed by atoms with Gasteiger partial charge in [0, 0.05) is 11.4 Å². The maximum atomic E-state index is 12.8. The van der Waals surface area contributed by atoms with E-state index in [1.54, 1.807) is 4.90 Å². The van der Waals surface area contributed by atoms with Crippen LogP contribution in [0, 0.1) is 5.92 Å². The fourth-order valence-corrected chi connectivity index (χ4v) is 2.30. The zero-order valence-electron chi connectivity index (χ0n) is 11.0. The monoisotopic (exact) mass is 261 g/mol. The molecule has 0 saturated carbocycles. The minimum atomic E-state index is -0.185. The molecule has 2 aromatic carbocycles. The van der Waals surface area contributed by atoms with Gasteiger partial charge in [0.1, 0.15) is 0 Å². The Labute approximate surface area is 118 Å². The number of hydrogen-bond acceptors (Lipinski definition) is 1. The summed E-state index contributed by atoms with van der Waals surface area (Å²) >= 11 is 0. The highest BCUT2D eigenvalue weighted by molar-refractivity contribution is 6.03. The van der Waals surface area contributed by atoms with Gasteiger partial charge in [-0.2, -0.15) is 0 Å². The molecule has 1 aliphatic carbocycles. The Morgan fingerprint density at radius 1 is 0.750 bits per heavy atom. The topological polar surface area (TPSA) is 20.3 Å². The maximum Gasteiger partial charge on any atom is 0.242 e. The molecule has 0 aliphatic heterocycles. The first kappa shape index (κ1) is 12.4. The van der Waals surface area contributed by atoms with Crippen LogP contribution in [0.15, 0.2) is 85.0 Å². The second kappa shape index (κ2) is 5.57. The Morgan fingerprint density at radius 3 is 1.65 bits per heavy atom. The lowest BCUT2D eigenvalue weighted by molar-refractivity contribution is -0.119. The van der Waals surface area contributed by atoms with E-state index in [-0.39, 0.29) is 11.8 Å². The summed E-state index contributed by atoms with van der Waals surface area (Å²) in [5, 5.41) is 0. The molecule has 0 N–H and O–H groups in total. The number of carbonyl (C=O) groups is 1. The Hall–Kier alpha value is -2.61. The van der Waals surface area contributed by atoms with E-state index in [2.05, 4.69) is 0 Å².